The summed E-state index contributed by atoms with van der Waals surface area (Å²) in [6.45, 7) is 5.66. The van der Waals surface area contributed by atoms with Crippen LogP contribution in [0.15, 0.2) is 24.3 Å². The Hall–Kier alpha value is -1.35. The van der Waals surface area contributed by atoms with E-state index in [9.17, 15) is 4.79 Å². The maximum absolute atomic E-state index is 12.4. The SMILES string of the molecule is CCCCc1ccc(C(=O)NC2CN3CCC2CC3)cc1. The van der Waals surface area contributed by atoms with Crippen molar-refractivity contribution in [2.75, 3.05) is 19.6 Å². The summed E-state index contributed by atoms with van der Waals surface area (Å²) in [5.74, 6) is 0.776. The molecule has 21 heavy (non-hydrogen) atoms. The van der Waals surface area contributed by atoms with Crippen molar-refractivity contribution in [1.29, 1.82) is 0 Å². The van der Waals surface area contributed by atoms with Gasteiger partial charge in [0.05, 0.1) is 0 Å². The van der Waals surface area contributed by atoms with Crippen molar-refractivity contribution >= 4 is 5.91 Å². The van der Waals surface area contributed by atoms with Crippen molar-refractivity contribution in [2.24, 2.45) is 5.92 Å². The number of nitrogens with one attached hydrogen (secondary N) is 1. The summed E-state index contributed by atoms with van der Waals surface area (Å²) in [4.78, 5) is 14.9. The van der Waals surface area contributed by atoms with E-state index in [1.165, 1.54) is 44.3 Å². The second kappa shape index (κ2) is 6.61. The minimum absolute atomic E-state index is 0.0933. The summed E-state index contributed by atoms with van der Waals surface area (Å²) in [5.41, 5.74) is 2.13. The number of hydrogen-bond donors (Lipinski definition) is 1. The number of rotatable bonds is 5. The molecule has 1 aromatic carbocycles. The second-order valence-electron chi connectivity index (χ2n) is 6.52. The zero-order valence-corrected chi connectivity index (χ0v) is 13.0. The van der Waals surface area contributed by atoms with Crippen LogP contribution in [0.3, 0.4) is 0 Å². The minimum atomic E-state index is 0.0933. The van der Waals surface area contributed by atoms with Gasteiger partial charge < -0.3 is 10.2 Å². The quantitative estimate of drug-likeness (QED) is 0.902. The van der Waals surface area contributed by atoms with Gasteiger partial charge >= 0.3 is 0 Å². The molecule has 114 valence electrons. The molecule has 0 aliphatic carbocycles. The third-order valence-corrected chi connectivity index (χ3v) is 5.01. The summed E-state index contributed by atoms with van der Waals surface area (Å²) in [5, 5.41) is 3.25. The van der Waals surface area contributed by atoms with Gasteiger partial charge in [0.25, 0.3) is 5.91 Å². The van der Waals surface area contributed by atoms with Gasteiger partial charge in [-0.2, -0.15) is 0 Å². The number of nitrogens with zero attached hydrogens (tertiary/aromatic N) is 1. The Labute approximate surface area is 127 Å². The van der Waals surface area contributed by atoms with Gasteiger partial charge in [0.15, 0.2) is 0 Å². The molecule has 3 saturated heterocycles. The third-order valence-electron chi connectivity index (χ3n) is 5.01. The average molecular weight is 286 g/mol. The molecule has 3 heterocycles. The molecule has 0 aromatic heterocycles. The number of carbonyl (C=O) groups is 1. The van der Waals surface area contributed by atoms with Crippen LogP contribution in [0.5, 0.6) is 0 Å². The first kappa shape index (κ1) is 14.6. The molecule has 1 amide bonds. The fraction of sp³-hybridized carbons (Fsp3) is 0.611. The molecule has 1 unspecified atom stereocenters. The number of carbonyl (C=O) groups excluding carboxylic acids is 1. The molecule has 3 aliphatic heterocycles. The van der Waals surface area contributed by atoms with E-state index in [0.29, 0.717) is 12.0 Å². The molecule has 2 bridgehead atoms. The van der Waals surface area contributed by atoms with Crippen molar-refractivity contribution in [3.05, 3.63) is 35.4 Å². The van der Waals surface area contributed by atoms with Gasteiger partial charge in [-0.05, 0) is 62.4 Å². The Morgan fingerprint density at radius 1 is 1.24 bits per heavy atom. The number of amides is 1. The lowest BCUT2D eigenvalue weighted by molar-refractivity contribution is 0.0620. The molecule has 1 N–H and O–H groups in total. The van der Waals surface area contributed by atoms with Gasteiger partial charge in [0.1, 0.15) is 0 Å². The molecule has 0 radical (unpaired) electrons. The van der Waals surface area contributed by atoms with E-state index in [4.69, 9.17) is 0 Å². The first-order valence-corrected chi connectivity index (χ1v) is 8.38. The molecule has 3 nitrogen and oxygen atoms in total. The summed E-state index contributed by atoms with van der Waals surface area (Å²) in [6.07, 6.45) is 6.01. The van der Waals surface area contributed by atoms with E-state index in [1.54, 1.807) is 0 Å². The number of unbranched alkanes of at least 4 members (excludes halogenated alkanes) is 1. The second-order valence-corrected chi connectivity index (χ2v) is 6.52. The molecule has 0 spiro atoms. The standard InChI is InChI=1S/C18H26N2O/c1-2-3-4-14-5-7-16(8-6-14)18(21)19-17-13-20-11-9-15(17)10-12-20/h5-8,15,17H,2-4,9-13H2,1H3,(H,19,21). The number of fused-ring (bicyclic) bond motifs is 3. The molecular weight excluding hydrogens is 260 g/mol. The Kier molecular flexibility index (Phi) is 4.59. The Morgan fingerprint density at radius 3 is 2.52 bits per heavy atom. The first-order valence-electron chi connectivity index (χ1n) is 8.38. The van der Waals surface area contributed by atoms with Crippen LogP contribution in [0.4, 0.5) is 0 Å². The van der Waals surface area contributed by atoms with E-state index in [2.05, 4.69) is 29.3 Å². The number of piperidine rings is 3. The molecule has 3 fully saturated rings. The van der Waals surface area contributed by atoms with E-state index < -0.39 is 0 Å². The predicted octanol–water partition coefficient (Wildman–Crippen LogP) is 2.85. The van der Waals surface area contributed by atoms with Gasteiger partial charge in [-0.1, -0.05) is 25.5 Å². The number of benzene rings is 1. The number of hydrogen-bond acceptors (Lipinski definition) is 2. The first-order chi connectivity index (χ1) is 10.3. The normalized spacial score (nSPS) is 27.6. The molecule has 3 heteroatoms. The van der Waals surface area contributed by atoms with Crippen molar-refractivity contribution in [1.82, 2.24) is 10.2 Å². The van der Waals surface area contributed by atoms with Crippen LogP contribution in [0.2, 0.25) is 0 Å². The van der Waals surface area contributed by atoms with Crippen LogP contribution in [0.1, 0.15) is 48.5 Å². The van der Waals surface area contributed by atoms with Crippen LogP contribution in [0, 0.1) is 5.92 Å². The van der Waals surface area contributed by atoms with Crippen LogP contribution < -0.4 is 5.32 Å². The average Bonchev–Trinajstić information content (AvgIpc) is 2.54. The van der Waals surface area contributed by atoms with E-state index >= 15 is 0 Å². The molecule has 1 aromatic rings. The fourth-order valence-corrected chi connectivity index (χ4v) is 3.58. The van der Waals surface area contributed by atoms with Gasteiger partial charge in [0.2, 0.25) is 0 Å². The van der Waals surface area contributed by atoms with Crippen molar-refractivity contribution < 1.29 is 4.79 Å². The summed E-state index contributed by atoms with van der Waals surface area (Å²) >= 11 is 0. The third kappa shape index (κ3) is 3.46. The molecule has 4 rings (SSSR count). The topological polar surface area (TPSA) is 32.3 Å². The van der Waals surface area contributed by atoms with Crippen LogP contribution in [-0.4, -0.2) is 36.5 Å². The zero-order valence-electron chi connectivity index (χ0n) is 13.0. The summed E-state index contributed by atoms with van der Waals surface area (Å²) in [7, 11) is 0. The molecule has 3 aliphatic rings. The monoisotopic (exact) mass is 286 g/mol. The van der Waals surface area contributed by atoms with E-state index in [1.807, 2.05) is 12.1 Å². The predicted molar refractivity (Wildman–Crippen MR) is 85.5 cm³/mol. The highest BCUT2D eigenvalue weighted by Gasteiger charge is 2.34. The highest BCUT2D eigenvalue weighted by molar-refractivity contribution is 5.94. The Balaban J connectivity index is 1.57. The van der Waals surface area contributed by atoms with Crippen molar-refractivity contribution in [3.63, 3.8) is 0 Å². The maximum Gasteiger partial charge on any atom is 0.251 e. The lowest BCUT2D eigenvalue weighted by Crippen LogP contribution is -2.57. The van der Waals surface area contributed by atoms with E-state index in [0.717, 1.165) is 18.5 Å². The lowest BCUT2D eigenvalue weighted by atomic mass is 9.84. The summed E-state index contributed by atoms with van der Waals surface area (Å²) < 4.78 is 0. The van der Waals surface area contributed by atoms with Gasteiger partial charge in [-0.15, -0.1) is 0 Å². The highest BCUT2D eigenvalue weighted by Crippen LogP contribution is 2.27. The Bertz CT molecular complexity index is 474. The lowest BCUT2D eigenvalue weighted by Gasteiger charge is -2.44. The largest absolute Gasteiger partial charge is 0.348 e. The van der Waals surface area contributed by atoms with Crippen LogP contribution in [0.25, 0.3) is 0 Å². The molecule has 0 saturated carbocycles. The smallest absolute Gasteiger partial charge is 0.251 e. The van der Waals surface area contributed by atoms with Gasteiger partial charge in [0, 0.05) is 18.2 Å². The van der Waals surface area contributed by atoms with Gasteiger partial charge in [-0.25, -0.2) is 0 Å². The fourth-order valence-electron chi connectivity index (χ4n) is 3.58. The van der Waals surface area contributed by atoms with E-state index in [-0.39, 0.29) is 5.91 Å². The van der Waals surface area contributed by atoms with Crippen LogP contribution in [-0.2, 0) is 6.42 Å². The van der Waals surface area contributed by atoms with Gasteiger partial charge in [-0.3, -0.25) is 4.79 Å². The molecule has 1 atom stereocenters. The van der Waals surface area contributed by atoms with Crippen LogP contribution >= 0.6 is 0 Å². The Morgan fingerprint density at radius 2 is 1.95 bits per heavy atom. The zero-order chi connectivity index (χ0) is 14.7. The van der Waals surface area contributed by atoms with Crippen molar-refractivity contribution in [3.8, 4) is 0 Å². The minimum Gasteiger partial charge on any atom is -0.348 e. The maximum atomic E-state index is 12.4. The summed E-state index contributed by atoms with van der Waals surface area (Å²) in [6, 6.07) is 8.49. The molecular formula is C18H26N2O. The van der Waals surface area contributed by atoms with Crippen molar-refractivity contribution in [2.45, 2.75) is 45.1 Å². The highest BCUT2D eigenvalue weighted by atomic mass is 16.1. The number of aryl methyl sites for hydroxylation is 1.